The van der Waals surface area contributed by atoms with E-state index in [9.17, 15) is 13.2 Å². The van der Waals surface area contributed by atoms with E-state index in [0.717, 1.165) is 24.3 Å². The predicted molar refractivity (Wildman–Crippen MR) is 112 cm³/mol. The molecule has 2 aromatic rings. The molecule has 1 aliphatic heterocycles. The maximum absolute atomic E-state index is 12.5. The topological polar surface area (TPSA) is 69.7 Å². The smallest absolute Gasteiger partial charge is 0.261 e. The number of nitrogens with one attached hydrogen (secondary N) is 1. The Kier molecular flexibility index (Phi) is 5.93. The van der Waals surface area contributed by atoms with Crippen molar-refractivity contribution in [2.75, 3.05) is 35.8 Å². The second-order valence-electron chi connectivity index (χ2n) is 7.43. The summed E-state index contributed by atoms with van der Waals surface area (Å²) in [6, 6.07) is 14.1. The number of carbonyl (C=O) groups excluding carboxylic acids is 1. The Bertz CT molecular complexity index is 914. The highest BCUT2D eigenvalue weighted by Crippen LogP contribution is 2.22. The highest BCUT2D eigenvalue weighted by molar-refractivity contribution is 7.92. The maximum Gasteiger partial charge on any atom is 0.261 e. The molecule has 0 bridgehead atoms. The van der Waals surface area contributed by atoms with Gasteiger partial charge < -0.3 is 9.80 Å². The molecule has 0 saturated carbocycles. The quantitative estimate of drug-likeness (QED) is 0.836. The molecule has 3 rings (SSSR count). The standard InChI is InChI=1S/C21H27N3O3S/c1-16(2)21(25)24-14-12-23(13-15-24)19-8-6-18(7-9-19)22-28(26,27)20-10-4-17(3)5-11-20/h4-11,16,22H,12-15H2,1-3H3. The van der Waals surface area contributed by atoms with Crippen molar-refractivity contribution in [3.8, 4) is 0 Å². The van der Waals surface area contributed by atoms with Crippen LogP contribution in [0.1, 0.15) is 19.4 Å². The van der Waals surface area contributed by atoms with Crippen LogP contribution >= 0.6 is 0 Å². The van der Waals surface area contributed by atoms with Gasteiger partial charge in [0, 0.05) is 43.5 Å². The second-order valence-corrected chi connectivity index (χ2v) is 9.11. The maximum atomic E-state index is 12.5. The molecule has 0 unspecified atom stereocenters. The van der Waals surface area contributed by atoms with Gasteiger partial charge in [0.1, 0.15) is 0 Å². The Balaban J connectivity index is 1.63. The summed E-state index contributed by atoms with van der Waals surface area (Å²) >= 11 is 0. The number of nitrogens with zero attached hydrogens (tertiary/aromatic N) is 2. The fourth-order valence-corrected chi connectivity index (χ4v) is 4.28. The van der Waals surface area contributed by atoms with Crippen molar-refractivity contribution in [3.05, 3.63) is 54.1 Å². The van der Waals surface area contributed by atoms with Crippen molar-refractivity contribution in [1.29, 1.82) is 0 Å². The van der Waals surface area contributed by atoms with E-state index >= 15 is 0 Å². The normalized spacial score (nSPS) is 15.0. The van der Waals surface area contributed by atoms with Crippen molar-refractivity contribution in [2.24, 2.45) is 5.92 Å². The summed E-state index contributed by atoms with van der Waals surface area (Å²) in [6.45, 7) is 8.72. The summed E-state index contributed by atoms with van der Waals surface area (Å²) < 4.78 is 27.6. The van der Waals surface area contributed by atoms with Crippen LogP contribution in [0, 0.1) is 12.8 Å². The van der Waals surface area contributed by atoms with Gasteiger partial charge in [-0.2, -0.15) is 0 Å². The lowest BCUT2D eigenvalue weighted by molar-refractivity contribution is -0.134. The summed E-state index contributed by atoms with van der Waals surface area (Å²) in [5.41, 5.74) is 2.56. The van der Waals surface area contributed by atoms with Crippen LogP contribution in [0.2, 0.25) is 0 Å². The average molecular weight is 402 g/mol. The van der Waals surface area contributed by atoms with Crippen molar-refractivity contribution >= 4 is 27.3 Å². The fourth-order valence-electron chi connectivity index (χ4n) is 3.22. The molecule has 0 spiro atoms. The van der Waals surface area contributed by atoms with E-state index in [1.165, 1.54) is 0 Å². The molecule has 2 aromatic carbocycles. The van der Waals surface area contributed by atoms with Gasteiger partial charge in [-0.25, -0.2) is 8.42 Å². The van der Waals surface area contributed by atoms with Gasteiger partial charge >= 0.3 is 0 Å². The van der Waals surface area contributed by atoms with Crippen molar-refractivity contribution < 1.29 is 13.2 Å². The van der Waals surface area contributed by atoms with E-state index in [-0.39, 0.29) is 16.7 Å². The number of amides is 1. The fraction of sp³-hybridized carbons (Fsp3) is 0.381. The van der Waals surface area contributed by atoms with Crippen LogP contribution in [0.5, 0.6) is 0 Å². The van der Waals surface area contributed by atoms with Gasteiger partial charge in [-0.3, -0.25) is 9.52 Å². The number of benzene rings is 2. The molecular weight excluding hydrogens is 374 g/mol. The molecule has 150 valence electrons. The third-order valence-corrected chi connectivity index (χ3v) is 6.30. The first-order valence-electron chi connectivity index (χ1n) is 9.49. The van der Waals surface area contributed by atoms with E-state index in [1.54, 1.807) is 36.4 Å². The number of aryl methyl sites for hydroxylation is 1. The lowest BCUT2D eigenvalue weighted by Crippen LogP contribution is -2.49. The Morgan fingerprint density at radius 1 is 0.929 bits per heavy atom. The van der Waals surface area contributed by atoms with Crippen LogP contribution in [-0.2, 0) is 14.8 Å². The van der Waals surface area contributed by atoms with Crippen molar-refractivity contribution in [2.45, 2.75) is 25.7 Å². The third kappa shape index (κ3) is 4.65. The van der Waals surface area contributed by atoms with Crippen molar-refractivity contribution in [1.82, 2.24) is 4.90 Å². The minimum atomic E-state index is -3.60. The highest BCUT2D eigenvalue weighted by Gasteiger charge is 2.23. The molecule has 1 fully saturated rings. The SMILES string of the molecule is Cc1ccc(S(=O)(=O)Nc2ccc(N3CCN(C(=O)C(C)C)CC3)cc2)cc1. The molecule has 1 aliphatic rings. The lowest BCUT2D eigenvalue weighted by atomic mass is 10.1. The Hall–Kier alpha value is -2.54. The number of anilines is 2. The summed E-state index contributed by atoms with van der Waals surface area (Å²) in [7, 11) is -3.60. The van der Waals surface area contributed by atoms with E-state index in [2.05, 4.69) is 9.62 Å². The zero-order valence-electron chi connectivity index (χ0n) is 16.6. The second kappa shape index (κ2) is 8.22. The van der Waals surface area contributed by atoms with Gasteiger partial charge in [0.15, 0.2) is 0 Å². The van der Waals surface area contributed by atoms with Gasteiger partial charge in [-0.05, 0) is 43.3 Å². The first-order chi connectivity index (χ1) is 13.3. The minimum Gasteiger partial charge on any atom is -0.368 e. The molecule has 7 heteroatoms. The number of piperazine rings is 1. The molecule has 1 heterocycles. The van der Waals surface area contributed by atoms with Gasteiger partial charge in [-0.1, -0.05) is 31.5 Å². The zero-order valence-corrected chi connectivity index (χ0v) is 17.4. The molecule has 1 saturated heterocycles. The molecule has 1 amide bonds. The highest BCUT2D eigenvalue weighted by atomic mass is 32.2. The van der Waals surface area contributed by atoms with Crippen LogP contribution in [-0.4, -0.2) is 45.4 Å². The molecule has 0 atom stereocenters. The van der Waals surface area contributed by atoms with Crippen molar-refractivity contribution in [3.63, 3.8) is 0 Å². The number of rotatable bonds is 5. The zero-order chi connectivity index (χ0) is 20.3. The number of hydrogen-bond donors (Lipinski definition) is 1. The van der Waals surface area contributed by atoms with Crippen LogP contribution in [0.15, 0.2) is 53.4 Å². The summed E-state index contributed by atoms with van der Waals surface area (Å²) in [5, 5.41) is 0. The summed E-state index contributed by atoms with van der Waals surface area (Å²) in [6.07, 6.45) is 0. The van der Waals surface area contributed by atoms with Crippen LogP contribution < -0.4 is 9.62 Å². The molecule has 6 nitrogen and oxygen atoms in total. The first-order valence-corrected chi connectivity index (χ1v) is 11.0. The molecule has 0 aliphatic carbocycles. The van der Waals surface area contributed by atoms with Crippen LogP contribution in [0.3, 0.4) is 0 Å². The summed E-state index contributed by atoms with van der Waals surface area (Å²) in [5.74, 6) is 0.216. The third-order valence-electron chi connectivity index (χ3n) is 4.90. The van der Waals surface area contributed by atoms with E-state index < -0.39 is 10.0 Å². The molecular formula is C21H27N3O3S. The van der Waals surface area contributed by atoms with E-state index in [1.807, 2.05) is 37.8 Å². The van der Waals surface area contributed by atoms with E-state index in [0.29, 0.717) is 18.8 Å². The molecule has 28 heavy (non-hydrogen) atoms. The number of hydrogen-bond acceptors (Lipinski definition) is 4. The van der Waals surface area contributed by atoms with E-state index in [4.69, 9.17) is 0 Å². The monoisotopic (exact) mass is 401 g/mol. The molecule has 0 aromatic heterocycles. The largest absolute Gasteiger partial charge is 0.368 e. The molecule has 1 N–H and O–H groups in total. The van der Waals surface area contributed by atoms with Gasteiger partial charge in [0.25, 0.3) is 10.0 Å². The lowest BCUT2D eigenvalue weighted by Gasteiger charge is -2.37. The Morgan fingerprint density at radius 2 is 1.50 bits per heavy atom. The summed E-state index contributed by atoms with van der Waals surface area (Å²) in [4.78, 5) is 16.5. The van der Waals surface area contributed by atoms with Gasteiger partial charge in [0.05, 0.1) is 4.90 Å². The number of carbonyl (C=O) groups is 1. The van der Waals surface area contributed by atoms with Gasteiger partial charge in [-0.15, -0.1) is 0 Å². The molecule has 0 radical (unpaired) electrons. The first kappa shape index (κ1) is 20.2. The van der Waals surface area contributed by atoms with Crippen LogP contribution in [0.25, 0.3) is 0 Å². The minimum absolute atomic E-state index is 0.0207. The van der Waals surface area contributed by atoms with Gasteiger partial charge in [0.2, 0.25) is 5.91 Å². The number of sulfonamides is 1. The van der Waals surface area contributed by atoms with Crippen LogP contribution in [0.4, 0.5) is 11.4 Å². The Morgan fingerprint density at radius 3 is 2.04 bits per heavy atom. The predicted octanol–water partition coefficient (Wildman–Crippen LogP) is 3.10. The average Bonchev–Trinajstić information content (AvgIpc) is 2.68. The Labute approximate surface area is 167 Å².